The molecule has 0 saturated heterocycles. The van der Waals surface area contributed by atoms with Gasteiger partial charge in [0.25, 0.3) is 0 Å². The first-order valence-electron chi connectivity index (χ1n) is 7.95. The van der Waals surface area contributed by atoms with E-state index in [-0.39, 0.29) is 12.4 Å². The lowest BCUT2D eigenvalue weighted by Gasteiger charge is -2.28. The van der Waals surface area contributed by atoms with Crippen LogP contribution >= 0.6 is 0 Å². The Morgan fingerprint density at radius 2 is 1.52 bits per heavy atom. The number of nitrogens with one attached hydrogen (secondary N) is 1. The van der Waals surface area contributed by atoms with Crippen LogP contribution in [0.3, 0.4) is 0 Å². The number of rotatable bonds is 3. The number of amides is 2. The van der Waals surface area contributed by atoms with Crippen LogP contribution in [0.15, 0.2) is 24.3 Å². The first-order chi connectivity index (χ1) is 11.3. The molecule has 0 spiro atoms. The van der Waals surface area contributed by atoms with Gasteiger partial charge in [-0.05, 0) is 53.2 Å². The third-order valence-electron chi connectivity index (χ3n) is 2.81. The lowest BCUT2D eigenvalue weighted by atomic mass is 10.1. The quantitative estimate of drug-likeness (QED) is 0.640. The van der Waals surface area contributed by atoms with Crippen molar-refractivity contribution in [3.05, 3.63) is 35.4 Å². The SMILES string of the molecule is CC(C)(C)OC(=O)N(Cc1cccc(C(=N)N)c1)C(=O)OC(C)(C)C. The van der Waals surface area contributed by atoms with Gasteiger partial charge >= 0.3 is 12.2 Å². The van der Waals surface area contributed by atoms with Gasteiger partial charge in [-0.15, -0.1) is 0 Å². The van der Waals surface area contributed by atoms with E-state index in [0.717, 1.165) is 4.90 Å². The molecule has 0 aliphatic heterocycles. The largest absolute Gasteiger partial charge is 0.443 e. The number of nitrogens with two attached hydrogens (primary N) is 1. The fourth-order valence-electron chi connectivity index (χ4n) is 1.86. The van der Waals surface area contributed by atoms with Crippen molar-refractivity contribution in [2.45, 2.75) is 59.3 Å². The summed E-state index contributed by atoms with van der Waals surface area (Å²) in [6.45, 7) is 10.3. The summed E-state index contributed by atoms with van der Waals surface area (Å²) in [6, 6.07) is 6.75. The van der Waals surface area contributed by atoms with Crippen molar-refractivity contribution >= 4 is 18.0 Å². The summed E-state index contributed by atoms with van der Waals surface area (Å²) in [7, 11) is 0. The van der Waals surface area contributed by atoms with Crippen LogP contribution in [0.1, 0.15) is 52.7 Å². The van der Waals surface area contributed by atoms with Crippen molar-refractivity contribution in [3.8, 4) is 0 Å². The molecule has 0 saturated carbocycles. The highest BCUT2D eigenvalue weighted by atomic mass is 16.6. The summed E-state index contributed by atoms with van der Waals surface area (Å²) >= 11 is 0. The normalized spacial score (nSPS) is 11.6. The highest BCUT2D eigenvalue weighted by molar-refractivity contribution is 5.95. The molecular formula is C18H27N3O4. The van der Waals surface area contributed by atoms with Gasteiger partial charge in [0.2, 0.25) is 0 Å². The molecule has 7 nitrogen and oxygen atoms in total. The average molecular weight is 349 g/mol. The van der Waals surface area contributed by atoms with Crippen molar-refractivity contribution in [1.29, 1.82) is 5.41 Å². The third kappa shape index (κ3) is 7.24. The second kappa shape index (κ2) is 7.55. The molecule has 1 aromatic rings. The summed E-state index contributed by atoms with van der Waals surface area (Å²) in [5.74, 6) is -0.0945. The summed E-state index contributed by atoms with van der Waals surface area (Å²) in [5.41, 5.74) is 5.12. The van der Waals surface area contributed by atoms with E-state index in [1.165, 1.54) is 0 Å². The van der Waals surface area contributed by atoms with Crippen LogP contribution in [0.2, 0.25) is 0 Å². The lowest BCUT2D eigenvalue weighted by molar-refractivity contribution is -0.000246. The van der Waals surface area contributed by atoms with Gasteiger partial charge in [-0.3, -0.25) is 5.41 Å². The van der Waals surface area contributed by atoms with Gasteiger partial charge in [-0.1, -0.05) is 18.2 Å². The molecule has 1 rings (SSSR count). The molecule has 0 aliphatic rings. The maximum absolute atomic E-state index is 12.4. The Labute approximate surface area is 148 Å². The van der Waals surface area contributed by atoms with E-state index >= 15 is 0 Å². The van der Waals surface area contributed by atoms with Crippen LogP contribution < -0.4 is 5.73 Å². The molecule has 0 radical (unpaired) electrons. The number of amidine groups is 1. The number of ether oxygens (including phenoxy) is 2. The van der Waals surface area contributed by atoms with E-state index in [0.29, 0.717) is 11.1 Å². The number of carbonyl (C=O) groups excluding carboxylic acids is 2. The van der Waals surface area contributed by atoms with Gasteiger partial charge in [0.1, 0.15) is 17.0 Å². The van der Waals surface area contributed by atoms with Gasteiger partial charge in [-0.25, -0.2) is 14.5 Å². The summed E-state index contributed by atoms with van der Waals surface area (Å²) < 4.78 is 10.6. The second-order valence-corrected chi connectivity index (χ2v) is 7.66. The highest BCUT2D eigenvalue weighted by Crippen LogP contribution is 2.17. The fourth-order valence-corrected chi connectivity index (χ4v) is 1.86. The van der Waals surface area contributed by atoms with E-state index in [1.807, 2.05) is 0 Å². The van der Waals surface area contributed by atoms with E-state index in [9.17, 15) is 9.59 Å². The predicted molar refractivity (Wildman–Crippen MR) is 95.5 cm³/mol. The predicted octanol–water partition coefficient (Wildman–Crippen LogP) is 3.64. The number of hydrogen-bond donors (Lipinski definition) is 2. The number of nitrogens with zero attached hydrogens (tertiary/aromatic N) is 1. The monoisotopic (exact) mass is 349 g/mol. The summed E-state index contributed by atoms with van der Waals surface area (Å²) in [5, 5.41) is 7.50. The van der Waals surface area contributed by atoms with E-state index in [2.05, 4.69) is 0 Å². The second-order valence-electron chi connectivity index (χ2n) is 7.66. The minimum atomic E-state index is -0.796. The van der Waals surface area contributed by atoms with Crippen LogP contribution in [0.4, 0.5) is 9.59 Å². The van der Waals surface area contributed by atoms with Gasteiger partial charge in [0, 0.05) is 5.56 Å². The molecule has 0 fully saturated rings. The maximum Gasteiger partial charge on any atom is 0.420 e. The van der Waals surface area contributed by atoms with E-state index in [4.69, 9.17) is 20.6 Å². The number of hydrogen-bond acceptors (Lipinski definition) is 5. The first kappa shape index (κ1) is 20.5. The summed E-state index contributed by atoms with van der Waals surface area (Å²) in [4.78, 5) is 25.8. The number of nitrogen functional groups attached to an aromatic ring is 1. The van der Waals surface area contributed by atoms with Crippen LogP contribution in [0.5, 0.6) is 0 Å². The Kier molecular flexibility index (Phi) is 6.18. The van der Waals surface area contributed by atoms with Gasteiger partial charge in [-0.2, -0.15) is 0 Å². The van der Waals surface area contributed by atoms with Gasteiger partial charge in [0.15, 0.2) is 0 Å². The Morgan fingerprint density at radius 1 is 1.04 bits per heavy atom. The Hall–Kier alpha value is -2.57. The molecule has 3 N–H and O–H groups in total. The molecular weight excluding hydrogens is 322 g/mol. The van der Waals surface area contributed by atoms with Crippen molar-refractivity contribution in [1.82, 2.24) is 4.90 Å². The smallest absolute Gasteiger partial charge is 0.420 e. The Balaban J connectivity index is 3.09. The van der Waals surface area contributed by atoms with Gasteiger partial charge < -0.3 is 15.2 Å². The average Bonchev–Trinajstić information content (AvgIpc) is 2.41. The molecule has 25 heavy (non-hydrogen) atoms. The molecule has 0 unspecified atom stereocenters. The number of carbonyl (C=O) groups is 2. The zero-order chi connectivity index (χ0) is 19.4. The molecule has 1 aromatic carbocycles. The van der Waals surface area contributed by atoms with Crippen LogP contribution in [-0.4, -0.2) is 34.1 Å². The Bertz CT molecular complexity index is 629. The maximum atomic E-state index is 12.4. The molecule has 2 amide bonds. The minimum absolute atomic E-state index is 0.0506. The lowest BCUT2D eigenvalue weighted by Crippen LogP contribution is -2.43. The molecule has 0 aliphatic carbocycles. The zero-order valence-corrected chi connectivity index (χ0v) is 15.7. The van der Waals surface area contributed by atoms with Crippen LogP contribution in [0, 0.1) is 5.41 Å². The molecule has 0 bridgehead atoms. The highest BCUT2D eigenvalue weighted by Gasteiger charge is 2.31. The molecule has 138 valence electrons. The standard InChI is InChI=1S/C18H27N3O4/c1-17(2,3)24-15(22)21(16(23)25-18(4,5)6)11-12-8-7-9-13(10-12)14(19)20/h7-10H,11H2,1-6H3,(H3,19,20). The van der Waals surface area contributed by atoms with Crippen molar-refractivity contribution < 1.29 is 19.1 Å². The summed E-state index contributed by atoms with van der Waals surface area (Å²) in [6.07, 6.45) is -1.59. The van der Waals surface area contributed by atoms with Crippen molar-refractivity contribution in [3.63, 3.8) is 0 Å². The first-order valence-corrected chi connectivity index (χ1v) is 7.95. The van der Waals surface area contributed by atoms with E-state index in [1.54, 1.807) is 65.8 Å². The van der Waals surface area contributed by atoms with Crippen LogP contribution in [-0.2, 0) is 16.0 Å². The Morgan fingerprint density at radius 3 is 1.92 bits per heavy atom. The van der Waals surface area contributed by atoms with Crippen LogP contribution in [0.25, 0.3) is 0 Å². The fraction of sp³-hybridized carbons (Fsp3) is 0.500. The number of imide groups is 1. The molecule has 7 heteroatoms. The molecule has 0 heterocycles. The van der Waals surface area contributed by atoms with Crippen molar-refractivity contribution in [2.75, 3.05) is 0 Å². The van der Waals surface area contributed by atoms with Gasteiger partial charge in [0.05, 0.1) is 6.54 Å². The topological polar surface area (TPSA) is 106 Å². The zero-order valence-electron chi connectivity index (χ0n) is 15.7. The minimum Gasteiger partial charge on any atom is -0.443 e. The van der Waals surface area contributed by atoms with Crippen molar-refractivity contribution in [2.24, 2.45) is 5.73 Å². The molecule has 0 aromatic heterocycles. The number of benzene rings is 1. The van der Waals surface area contributed by atoms with E-state index < -0.39 is 23.4 Å². The third-order valence-corrected chi connectivity index (χ3v) is 2.81. The molecule has 0 atom stereocenters.